The highest BCUT2D eigenvalue weighted by Gasteiger charge is 2.26. The molecule has 1 unspecified atom stereocenters. The monoisotopic (exact) mass is 437 g/mol. The summed E-state index contributed by atoms with van der Waals surface area (Å²) >= 11 is 0. The summed E-state index contributed by atoms with van der Waals surface area (Å²) in [4.78, 5) is 14.8. The minimum atomic E-state index is -0.0610. The van der Waals surface area contributed by atoms with E-state index in [4.69, 9.17) is 5.73 Å². The Hall–Kier alpha value is -1.75. The van der Waals surface area contributed by atoms with Crippen molar-refractivity contribution in [2.75, 3.05) is 25.4 Å². The van der Waals surface area contributed by atoms with Crippen LogP contribution in [-0.4, -0.2) is 36.5 Å². The van der Waals surface area contributed by atoms with Gasteiger partial charge in [0.15, 0.2) is 0 Å². The molecule has 3 rings (SSSR count). The number of nitrogens with two attached hydrogens (primary N) is 1. The third-order valence-corrected chi connectivity index (χ3v) is 5.64. The number of hydrogen-bond acceptors (Lipinski definition) is 3. The first-order valence-corrected chi connectivity index (χ1v) is 10.0. The lowest BCUT2D eigenvalue weighted by molar-refractivity contribution is -0.126. The second kappa shape index (κ2) is 12.7. The van der Waals surface area contributed by atoms with Crippen LogP contribution in [0.3, 0.4) is 0 Å². The van der Waals surface area contributed by atoms with Crippen molar-refractivity contribution in [3.63, 3.8) is 0 Å². The van der Waals surface area contributed by atoms with Crippen LogP contribution in [0.5, 0.6) is 0 Å². The number of benzene rings is 2. The molecule has 1 saturated heterocycles. The zero-order valence-electron chi connectivity index (χ0n) is 17.0. The largest absolute Gasteiger partial charge is 0.399 e. The number of carbonyl (C=O) groups excluding carboxylic acids is 1. The van der Waals surface area contributed by atoms with Crippen LogP contribution in [-0.2, 0) is 17.6 Å². The number of nitrogen functional groups attached to an aromatic ring is 1. The summed E-state index contributed by atoms with van der Waals surface area (Å²) < 4.78 is 0. The number of rotatable bonds is 7. The molecule has 4 nitrogen and oxygen atoms in total. The van der Waals surface area contributed by atoms with Crippen LogP contribution in [0.1, 0.15) is 30.9 Å². The fourth-order valence-electron chi connectivity index (χ4n) is 3.82. The molecule has 1 heterocycles. The zero-order valence-corrected chi connectivity index (χ0v) is 18.7. The maximum atomic E-state index is 12.5. The number of piperidine rings is 1. The van der Waals surface area contributed by atoms with Gasteiger partial charge in [0, 0.05) is 12.2 Å². The average molecular weight is 438 g/mol. The molecular weight excluding hydrogens is 405 g/mol. The van der Waals surface area contributed by atoms with Gasteiger partial charge in [0.25, 0.3) is 0 Å². The second-order valence-corrected chi connectivity index (χ2v) is 7.63. The lowest BCUT2D eigenvalue weighted by atomic mass is 9.89. The van der Waals surface area contributed by atoms with Gasteiger partial charge in [-0.3, -0.25) is 9.69 Å². The lowest BCUT2D eigenvalue weighted by Crippen LogP contribution is -2.48. The van der Waals surface area contributed by atoms with E-state index >= 15 is 0 Å². The smallest absolute Gasteiger partial charge is 0.237 e. The Balaban J connectivity index is 0.00000210. The predicted octanol–water partition coefficient (Wildman–Crippen LogP) is 4.11. The number of anilines is 1. The van der Waals surface area contributed by atoms with Crippen molar-refractivity contribution in [1.29, 1.82) is 0 Å². The van der Waals surface area contributed by atoms with Gasteiger partial charge in [0.2, 0.25) is 5.91 Å². The van der Waals surface area contributed by atoms with Gasteiger partial charge in [-0.25, -0.2) is 0 Å². The maximum Gasteiger partial charge on any atom is 0.237 e. The van der Waals surface area contributed by atoms with Crippen molar-refractivity contribution in [1.82, 2.24) is 10.2 Å². The Kier molecular flexibility index (Phi) is 11.1. The van der Waals surface area contributed by atoms with Crippen LogP contribution in [0.25, 0.3) is 0 Å². The van der Waals surface area contributed by atoms with E-state index in [1.165, 1.54) is 11.1 Å². The molecule has 0 aromatic heterocycles. The Morgan fingerprint density at radius 3 is 2.28 bits per heavy atom. The SMILES string of the molecule is CC(C(=O)NCCc1ccc(N)cc1)N1CCC(Cc2ccccc2)CC1.Cl.Cl. The number of nitrogens with zero attached hydrogens (tertiary/aromatic N) is 1. The fourth-order valence-corrected chi connectivity index (χ4v) is 3.82. The van der Waals surface area contributed by atoms with Crippen molar-refractivity contribution in [2.24, 2.45) is 5.92 Å². The highest BCUT2D eigenvalue weighted by molar-refractivity contribution is 5.85. The van der Waals surface area contributed by atoms with E-state index in [9.17, 15) is 4.79 Å². The molecule has 160 valence electrons. The first-order chi connectivity index (χ1) is 13.1. The van der Waals surface area contributed by atoms with E-state index in [1.807, 2.05) is 31.2 Å². The summed E-state index contributed by atoms with van der Waals surface area (Å²) in [7, 11) is 0. The van der Waals surface area contributed by atoms with Crippen LogP contribution < -0.4 is 11.1 Å². The normalized spacial score (nSPS) is 15.6. The number of amides is 1. The summed E-state index contributed by atoms with van der Waals surface area (Å²) in [6, 6.07) is 18.5. The lowest BCUT2D eigenvalue weighted by Gasteiger charge is -2.35. The minimum absolute atomic E-state index is 0. The molecule has 2 aromatic carbocycles. The Bertz CT molecular complexity index is 717. The number of halogens is 2. The van der Waals surface area contributed by atoms with Gasteiger partial charge >= 0.3 is 0 Å². The highest BCUT2D eigenvalue weighted by atomic mass is 35.5. The van der Waals surface area contributed by atoms with Crippen LogP contribution in [0, 0.1) is 5.92 Å². The molecule has 1 fully saturated rings. The molecular formula is C23H33Cl2N3O. The Morgan fingerprint density at radius 2 is 1.66 bits per heavy atom. The third-order valence-electron chi connectivity index (χ3n) is 5.64. The molecule has 6 heteroatoms. The molecule has 0 saturated carbocycles. The number of carbonyl (C=O) groups is 1. The summed E-state index contributed by atoms with van der Waals surface area (Å²) in [5.41, 5.74) is 9.09. The van der Waals surface area contributed by atoms with Crippen LogP contribution in [0.2, 0.25) is 0 Å². The predicted molar refractivity (Wildman–Crippen MR) is 126 cm³/mol. The van der Waals surface area contributed by atoms with Gasteiger partial charge < -0.3 is 11.1 Å². The molecule has 0 spiro atoms. The summed E-state index contributed by atoms with van der Waals surface area (Å²) in [5, 5.41) is 3.08. The highest BCUT2D eigenvalue weighted by Crippen LogP contribution is 2.22. The van der Waals surface area contributed by atoms with E-state index in [1.54, 1.807) is 0 Å². The van der Waals surface area contributed by atoms with E-state index in [2.05, 4.69) is 40.5 Å². The van der Waals surface area contributed by atoms with Gasteiger partial charge in [-0.1, -0.05) is 42.5 Å². The van der Waals surface area contributed by atoms with Crippen molar-refractivity contribution in [2.45, 2.75) is 38.6 Å². The molecule has 0 radical (unpaired) electrons. The molecule has 0 bridgehead atoms. The topological polar surface area (TPSA) is 58.4 Å². The second-order valence-electron chi connectivity index (χ2n) is 7.63. The molecule has 2 aromatic rings. The molecule has 1 amide bonds. The van der Waals surface area contributed by atoms with Crippen molar-refractivity contribution in [3.8, 4) is 0 Å². The maximum absolute atomic E-state index is 12.5. The summed E-state index contributed by atoms with van der Waals surface area (Å²) in [6.07, 6.45) is 4.31. The average Bonchev–Trinajstić information content (AvgIpc) is 2.70. The Labute approximate surface area is 187 Å². The van der Waals surface area contributed by atoms with E-state index in [0.29, 0.717) is 6.54 Å². The van der Waals surface area contributed by atoms with E-state index in [-0.39, 0.29) is 36.8 Å². The van der Waals surface area contributed by atoms with E-state index < -0.39 is 0 Å². The van der Waals surface area contributed by atoms with Crippen molar-refractivity contribution < 1.29 is 4.79 Å². The molecule has 3 N–H and O–H groups in total. The zero-order chi connectivity index (χ0) is 19.1. The quantitative estimate of drug-likeness (QED) is 0.640. The van der Waals surface area contributed by atoms with Gasteiger partial charge in [-0.2, -0.15) is 0 Å². The van der Waals surface area contributed by atoms with E-state index in [0.717, 1.165) is 50.4 Å². The van der Waals surface area contributed by atoms with Crippen LogP contribution in [0.15, 0.2) is 54.6 Å². The van der Waals surface area contributed by atoms with Crippen LogP contribution in [0.4, 0.5) is 5.69 Å². The summed E-state index contributed by atoms with van der Waals surface area (Å²) in [5.74, 6) is 0.858. The third kappa shape index (κ3) is 7.88. The Morgan fingerprint density at radius 1 is 1.03 bits per heavy atom. The van der Waals surface area contributed by atoms with Crippen molar-refractivity contribution in [3.05, 3.63) is 65.7 Å². The molecule has 29 heavy (non-hydrogen) atoms. The fraction of sp³-hybridized carbons (Fsp3) is 0.435. The number of likely N-dealkylation sites (tertiary alicyclic amines) is 1. The van der Waals surface area contributed by atoms with Gasteiger partial charge in [-0.05, 0) is 74.9 Å². The van der Waals surface area contributed by atoms with Crippen molar-refractivity contribution >= 4 is 36.4 Å². The molecule has 1 atom stereocenters. The number of hydrogen-bond donors (Lipinski definition) is 2. The molecule has 1 aliphatic rings. The first kappa shape index (κ1) is 25.3. The van der Waals surface area contributed by atoms with Gasteiger partial charge in [-0.15, -0.1) is 24.8 Å². The summed E-state index contributed by atoms with van der Waals surface area (Å²) in [6.45, 7) is 4.70. The molecule has 0 aliphatic carbocycles. The molecule has 1 aliphatic heterocycles. The number of nitrogens with one attached hydrogen (secondary N) is 1. The van der Waals surface area contributed by atoms with Crippen LogP contribution >= 0.6 is 24.8 Å². The van der Waals surface area contributed by atoms with Gasteiger partial charge in [0.05, 0.1) is 6.04 Å². The van der Waals surface area contributed by atoms with Gasteiger partial charge in [0.1, 0.15) is 0 Å². The first-order valence-electron chi connectivity index (χ1n) is 10.0. The minimum Gasteiger partial charge on any atom is -0.399 e. The standard InChI is InChI=1S/C23H31N3O.2ClH/c1-18(23(27)25-14-11-19-7-9-22(24)10-8-19)26-15-12-21(13-16-26)17-20-5-3-2-4-6-20;;/h2-10,18,21H,11-17,24H2,1H3,(H,25,27);2*1H.